The lowest BCUT2D eigenvalue weighted by Crippen LogP contribution is -2.40. The molecular formula is C19H23ClN2O3S. The second-order valence-corrected chi connectivity index (χ2v) is 8.94. The third-order valence-electron chi connectivity index (χ3n) is 4.31. The van der Waals surface area contributed by atoms with E-state index in [0.717, 1.165) is 11.8 Å². The molecule has 2 aromatic rings. The van der Waals surface area contributed by atoms with Crippen molar-refractivity contribution < 1.29 is 13.2 Å². The highest BCUT2D eigenvalue weighted by Gasteiger charge is 2.23. The monoisotopic (exact) mass is 394 g/mol. The number of nitrogens with two attached hydrogens (primary N) is 1. The maximum absolute atomic E-state index is 12.6. The Morgan fingerprint density at radius 1 is 1.08 bits per heavy atom. The van der Waals surface area contributed by atoms with Gasteiger partial charge in [0.15, 0.2) is 9.84 Å². The fraction of sp³-hybridized carbons (Fsp3) is 0.316. The normalized spacial score (nSPS) is 15.1. The van der Waals surface area contributed by atoms with E-state index in [4.69, 9.17) is 17.3 Å². The van der Waals surface area contributed by atoms with Crippen LogP contribution in [0.15, 0.2) is 53.4 Å². The summed E-state index contributed by atoms with van der Waals surface area (Å²) in [5.74, 6) is -0.590. The van der Waals surface area contributed by atoms with Crippen molar-refractivity contribution in [3.05, 3.63) is 64.7 Å². The second-order valence-electron chi connectivity index (χ2n) is 6.49. The molecule has 3 N–H and O–H groups in total. The van der Waals surface area contributed by atoms with E-state index in [9.17, 15) is 13.2 Å². The second kappa shape index (κ2) is 8.20. The van der Waals surface area contributed by atoms with Crippen molar-refractivity contribution >= 4 is 27.3 Å². The molecule has 0 bridgehead atoms. The molecule has 0 saturated carbocycles. The third-order valence-corrected chi connectivity index (χ3v) is 5.67. The smallest absolute Gasteiger partial charge is 0.225 e. The summed E-state index contributed by atoms with van der Waals surface area (Å²) in [6.07, 6.45) is 1.15. The number of rotatable bonds is 6. The molecular weight excluding hydrogens is 372 g/mol. The van der Waals surface area contributed by atoms with Crippen molar-refractivity contribution in [2.24, 2.45) is 11.7 Å². The SMILES string of the molecule is CC(N)C(C)C(=O)NC(c1ccc(Cl)cc1)c1cccc(S(C)(=O)=O)c1. The van der Waals surface area contributed by atoms with Gasteiger partial charge in [0, 0.05) is 23.2 Å². The topological polar surface area (TPSA) is 89.3 Å². The molecule has 0 aliphatic carbocycles. The van der Waals surface area contributed by atoms with Crippen LogP contribution in [0.5, 0.6) is 0 Å². The molecule has 0 spiro atoms. The van der Waals surface area contributed by atoms with E-state index >= 15 is 0 Å². The van der Waals surface area contributed by atoms with Crippen LogP contribution in [0, 0.1) is 5.92 Å². The van der Waals surface area contributed by atoms with Gasteiger partial charge in [-0.25, -0.2) is 8.42 Å². The maximum atomic E-state index is 12.6. The number of amides is 1. The molecule has 5 nitrogen and oxygen atoms in total. The molecule has 1 amide bonds. The molecule has 0 aromatic heterocycles. The van der Waals surface area contributed by atoms with Crippen molar-refractivity contribution in [1.82, 2.24) is 5.32 Å². The Kier molecular flexibility index (Phi) is 6.44. The van der Waals surface area contributed by atoms with Gasteiger partial charge < -0.3 is 11.1 Å². The summed E-state index contributed by atoms with van der Waals surface area (Å²) in [6, 6.07) is 12.8. The highest BCUT2D eigenvalue weighted by atomic mass is 35.5. The summed E-state index contributed by atoms with van der Waals surface area (Å²) in [5.41, 5.74) is 7.30. The van der Waals surface area contributed by atoms with Crippen LogP contribution in [0.2, 0.25) is 5.02 Å². The van der Waals surface area contributed by atoms with Crippen LogP contribution in [0.25, 0.3) is 0 Å². The summed E-state index contributed by atoms with van der Waals surface area (Å²) in [6.45, 7) is 3.53. The van der Waals surface area contributed by atoms with Gasteiger partial charge in [-0.2, -0.15) is 0 Å². The van der Waals surface area contributed by atoms with Crippen molar-refractivity contribution in [2.75, 3.05) is 6.26 Å². The molecule has 0 heterocycles. The first-order valence-electron chi connectivity index (χ1n) is 8.21. The molecule has 2 rings (SSSR count). The van der Waals surface area contributed by atoms with Crippen LogP contribution >= 0.6 is 11.6 Å². The number of nitrogens with one attached hydrogen (secondary N) is 1. The van der Waals surface area contributed by atoms with E-state index in [1.54, 1.807) is 56.3 Å². The molecule has 0 aliphatic rings. The average molecular weight is 395 g/mol. The summed E-state index contributed by atoms with van der Waals surface area (Å²) < 4.78 is 23.8. The maximum Gasteiger partial charge on any atom is 0.225 e. The Hall–Kier alpha value is -1.89. The number of carbonyl (C=O) groups excluding carboxylic acids is 1. The largest absolute Gasteiger partial charge is 0.345 e. The number of halogens is 1. The van der Waals surface area contributed by atoms with Gasteiger partial charge in [-0.1, -0.05) is 42.8 Å². The molecule has 0 radical (unpaired) electrons. The minimum Gasteiger partial charge on any atom is -0.345 e. The lowest BCUT2D eigenvalue weighted by atomic mass is 9.96. The molecule has 0 aliphatic heterocycles. The molecule has 0 saturated heterocycles. The van der Waals surface area contributed by atoms with E-state index in [0.29, 0.717) is 10.6 Å². The summed E-state index contributed by atoms with van der Waals surface area (Å²) in [4.78, 5) is 12.8. The molecule has 0 fully saturated rings. The molecule has 3 unspecified atom stereocenters. The van der Waals surface area contributed by atoms with Crippen LogP contribution in [0.1, 0.15) is 31.0 Å². The first-order chi connectivity index (χ1) is 12.1. The van der Waals surface area contributed by atoms with Gasteiger partial charge in [-0.3, -0.25) is 4.79 Å². The van der Waals surface area contributed by atoms with Crippen molar-refractivity contribution in [1.29, 1.82) is 0 Å². The Labute approximate surface area is 159 Å². The minimum atomic E-state index is -3.36. The zero-order valence-electron chi connectivity index (χ0n) is 14.9. The van der Waals surface area contributed by atoms with Crippen molar-refractivity contribution in [2.45, 2.75) is 30.8 Å². The highest BCUT2D eigenvalue weighted by Crippen LogP contribution is 2.26. The Morgan fingerprint density at radius 3 is 2.23 bits per heavy atom. The molecule has 7 heteroatoms. The predicted molar refractivity (Wildman–Crippen MR) is 104 cm³/mol. The van der Waals surface area contributed by atoms with Crippen LogP contribution < -0.4 is 11.1 Å². The fourth-order valence-corrected chi connectivity index (χ4v) is 3.25. The Bertz CT molecular complexity index is 880. The van der Waals surface area contributed by atoms with Gasteiger partial charge >= 0.3 is 0 Å². The minimum absolute atomic E-state index is 0.198. The standard InChI is InChI=1S/C19H23ClN2O3S/c1-12(13(2)21)19(23)22-18(14-7-9-16(20)10-8-14)15-5-4-6-17(11-15)26(3,24)25/h4-13,18H,21H2,1-3H3,(H,22,23). The van der Waals surface area contributed by atoms with Gasteiger partial charge in [0.2, 0.25) is 5.91 Å². The van der Waals surface area contributed by atoms with Gasteiger partial charge in [0.05, 0.1) is 10.9 Å². The number of benzene rings is 2. The van der Waals surface area contributed by atoms with Crippen LogP contribution in [0.3, 0.4) is 0 Å². The fourth-order valence-electron chi connectivity index (χ4n) is 2.45. The molecule has 2 aromatic carbocycles. The number of sulfone groups is 1. The van der Waals surface area contributed by atoms with E-state index < -0.39 is 15.9 Å². The quantitative estimate of drug-likeness (QED) is 0.788. The summed E-state index contributed by atoms with van der Waals surface area (Å²) >= 11 is 5.96. The van der Waals surface area contributed by atoms with Crippen LogP contribution in [-0.2, 0) is 14.6 Å². The molecule has 140 valence electrons. The number of carbonyl (C=O) groups is 1. The number of hydrogen-bond donors (Lipinski definition) is 2. The van der Waals surface area contributed by atoms with Crippen molar-refractivity contribution in [3.63, 3.8) is 0 Å². The van der Waals surface area contributed by atoms with E-state index in [1.165, 1.54) is 6.07 Å². The average Bonchev–Trinajstić information content (AvgIpc) is 2.59. The lowest BCUT2D eigenvalue weighted by molar-refractivity contribution is -0.125. The van der Waals surface area contributed by atoms with Gasteiger partial charge in [0.1, 0.15) is 0 Å². The van der Waals surface area contributed by atoms with Gasteiger partial charge in [0.25, 0.3) is 0 Å². The number of hydrogen-bond acceptors (Lipinski definition) is 4. The van der Waals surface area contributed by atoms with Gasteiger partial charge in [-0.05, 0) is 42.3 Å². The Morgan fingerprint density at radius 2 is 1.69 bits per heavy atom. The first-order valence-corrected chi connectivity index (χ1v) is 10.5. The zero-order chi connectivity index (χ0) is 19.5. The highest BCUT2D eigenvalue weighted by molar-refractivity contribution is 7.90. The van der Waals surface area contributed by atoms with E-state index in [1.807, 2.05) is 0 Å². The first kappa shape index (κ1) is 20.4. The predicted octanol–water partition coefficient (Wildman–Crippen LogP) is 2.93. The lowest BCUT2D eigenvalue weighted by Gasteiger charge is -2.24. The molecule has 3 atom stereocenters. The van der Waals surface area contributed by atoms with E-state index in [2.05, 4.69) is 5.32 Å². The van der Waals surface area contributed by atoms with Crippen LogP contribution in [0.4, 0.5) is 0 Å². The van der Waals surface area contributed by atoms with E-state index in [-0.39, 0.29) is 22.8 Å². The Balaban J connectivity index is 2.47. The third kappa shape index (κ3) is 5.06. The van der Waals surface area contributed by atoms with Crippen molar-refractivity contribution in [3.8, 4) is 0 Å². The van der Waals surface area contributed by atoms with Gasteiger partial charge in [-0.15, -0.1) is 0 Å². The summed E-state index contributed by atoms with van der Waals surface area (Å²) in [5, 5.41) is 3.55. The molecule has 26 heavy (non-hydrogen) atoms. The van der Waals surface area contributed by atoms with Crippen LogP contribution in [-0.4, -0.2) is 26.6 Å². The zero-order valence-corrected chi connectivity index (χ0v) is 16.5. The summed E-state index contributed by atoms with van der Waals surface area (Å²) in [7, 11) is -3.36.